The SMILES string of the molecule is CC(=O)NC(CC(=O)c1cc2ccccc2oc1=O)c1ccccc1Cl. The van der Waals surface area contributed by atoms with Crippen molar-refractivity contribution in [2.45, 2.75) is 19.4 Å². The molecule has 1 heterocycles. The molecule has 1 unspecified atom stereocenters. The number of nitrogens with one attached hydrogen (secondary N) is 1. The molecule has 0 saturated heterocycles. The lowest BCUT2D eigenvalue weighted by molar-refractivity contribution is -0.119. The van der Waals surface area contributed by atoms with E-state index in [1.807, 2.05) is 0 Å². The number of hydrogen-bond donors (Lipinski definition) is 1. The molecule has 0 saturated carbocycles. The molecule has 3 rings (SSSR count). The molecule has 0 spiro atoms. The van der Waals surface area contributed by atoms with Crippen LogP contribution >= 0.6 is 11.6 Å². The van der Waals surface area contributed by atoms with E-state index < -0.39 is 17.5 Å². The Balaban J connectivity index is 1.95. The van der Waals surface area contributed by atoms with Crippen LogP contribution in [0.4, 0.5) is 0 Å². The van der Waals surface area contributed by atoms with Crippen molar-refractivity contribution in [2.75, 3.05) is 0 Å². The van der Waals surface area contributed by atoms with Crippen molar-refractivity contribution >= 4 is 34.3 Å². The van der Waals surface area contributed by atoms with Crippen LogP contribution in [-0.2, 0) is 4.79 Å². The zero-order valence-corrected chi connectivity index (χ0v) is 14.7. The van der Waals surface area contributed by atoms with Crippen LogP contribution in [0.1, 0.15) is 35.3 Å². The molecule has 0 radical (unpaired) electrons. The first-order valence-corrected chi connectivity index (χ1v) is 8.41. The van der Waals surface area contributed by atoms with E-state index in [1.165, 1.54) is 13.0 Å². The van der Waals surface area contributed by atoms with Gasteiger partial charge in [-0.15, -0.1) is 0 Å². The van der Waals surface area contributed by atoms with Crippen molar-refractivity contribution in [1.29, 1.82) is 0 Å². The number of carbonyl (C=O) groups is 2. The number of amides is 1. The molecule has 1 aromatic heterocycles. The van der Waals surface area contributed by atoms with Gasteiger partial charge in [-0.25, -0.2) is 4.79 Å². The molecule has 0 bridgehead atoms. The number of rotatable bonds is 5. The van der Waals surface area contributed by atoms with E-state index in [0.717, 1.165) is 0 Å². The van der Waals surface area contributed by atoms with Gasteiger partial charge in [0.1, 0.15) is 11.1 Å². The number of Topliss-reactive ketones (excluding diaryl/α,β-unsaturated/α-hetero) is 1. The first kappa shape index (κ1) is 17.9. The topological polar surface area (TPSA) is 76.4 Å². The Labute approximate surface area is 154 Å². The molecule has 1 amide bonds. The van der Waals surface area contributed by atoms with E-state index in [-0.39, 0.29) is 17.9 Å². The summed E-state index contributed by atoms with van der Waals surface area (Å²) in [5, 5.41) is 3.81. The predicted octanol–water partition coefficient (Wildman–Crippen LogP) is 3.90. The maximum absolute atomic E-state index is 12.7. The normalized spacial score (nSPS) is 11.9. The number of carbonyl (C=O) groups excluding carboxylic acids is 2. The van der Waals surface area contributed by atoms with Gasteiger partial charge in [0.25, 0.3) is 0 Å². The highest BCUT2D eigenvalue weighted by atomic mass is 35.5. The molecular weight excluding hydrogens is 354 g/mol. The summed E-state index contributed by atoms with van der Waals surface area (Å²) in [6, 6.07) is 14.8. The van der Waals surface area contributed by atoms with Crippen LogP contribution in [0.25, 0.3) is 11.0 Å². The fraction of sp³-hybridized carbons (Fsp3) is 0.150. The zero-order chi connectivity index (χ0) is 18.7. The molecule has 1 N–H and O–H groups in total. The van der Waals surface area contributed by atoms with E-state index in [9.17, 15) is 14.4 Å². The Kier molecular flexibility index (Phi) is 5.19. The molecule has 5 nitrogen and oxygen atoms in total. The Morgan fingerprint density at radius 3 is 2.54 bits per heavy atom. The molecule has 0 aliphatic heterocycles. The summed E-state index contributed by atoms with van der Waals surface area (Å²) >= 11 is 6.20. The summed E-state index contributed by atoms with van der Waals surface area (Å²) in [7, 11) is 0. The summed E-state index contributed by atoms with van der Waals surface area (Å²) in [6.07, 6.45) is -0.105. The van der Waals surface area contributed by atoms with Gasteiger partial charge in [0.2, 0.25) is 5.91 Å². The van der Waals surface area contributed by atoms with Gasteiger partial charge in [0, 0.05) is 23.8 Å². The number of benzene rings is 2. The fourth-order valence-electron chi connectivity index (χ4n) is 2.79. The first-order chi connectivity index (χ1) is 12.5. The van der Waals surface area contributed by atoms with Gasteiger partial charge in [-0.2, -0.15) is 0 Å². The van der Waals surface area contributed by atoms with Gasteiger partial charge in [-0.3, -0.25) is 9.59 Å². The Bertz CT molecular complexity index is 1040. The van der Waals surface area contributed by atoms with Gasteiger partial charge < -0.3 is 9.73 Å². The first-order valence-electron chi connectivity index (χ1n) is 8.03. The maximum atomic E-state index is 12.7. The van der Waals surface area contributed by atoms with Crippen LogP contribution in [0, 0.1) is 0 Å². The smallest absolute Gasteiger partial charge is 0.347 e. The summed E-state index contributed by atoms with van der Waals surface area (Å²) in [5.74, 6) is -0.726. The highest BCUT2D eigenvalue weighted by molar-refractivity contribution is 6.31. The molecular formula is C20H16ClNO4. The minimum absolute atomic E-state index is 0.0499. The molecule has 26 heavy (non-hydrogen) atoms. The quantitative estimate of drug-likeness (QED) is 0.546. The Hall–Kier alpha value is -2.92. The number of halogens is 1. The zero-order valence-electron chi connectivity index (χ0n) is 14.0. The van der Waals surface area contributed by atoms with Crippen LogP contribution < -0.4 is 10.9 Å². The third kappa shape index (κ3) is 3.83. The third-order valence-corrected chi connectivity index (χ3v) is 4.33. The molecule has 2 aromatic carbocycles. The number of para-hydroxylation sites is 1. The van der Waals surface area contributed by atoms with Gasteiger partial charge in [-0.1, -0.05) is 48.0 Å². The average Bonchev–Trinajstić information content (AvgIpc) is 2.60. The van der Waals surface area contributed by atoms with E-state index in [2.05, 4.69) is 5.32 Å². The average molecular weight is 370 g/mol. The minimum atomic E-state index is -0.700. The third-order valence-electron chi connectivity index (χ3n) is 3.99. The van der Waals surface area contributed by atoms with Gasteiger partial charge >= 0.3 is 5.63 Å². The molecule has 3 aromatic rings. The second-order valence-electron chi connectivity index (χ2n) is 5.89. The van der Waals surface area contributed by atoms with E-state index in [4.69, 9.17) is 16.0 Å². The van der Waals surface area contributed by atoms with Crippen molar-refractivity contribution < 1.29 is 14.0 Å². The van der Waals surface area contributed by atoms with Crippen LogP contribution in [-0.4, -0.2) is 11.7 Å². The maximum Gasteiger partial charge on any atom is 0.347 e. The van der Waals surface area contributed by atoms with Crippen LogP contribution in [0.5, 0.6) is 0 Å². The fourth-order valence-corrected chi connectivity index (χ4v) is 3.06. The number of fused-ring (bicyclic) bond motifs is 1. The van der Waals surface area contributed by atoms with E-state index in [1.54, 1.807) is 48.5 Å². The van der Waals surface area contributed by atoms with Crippen LogP contribution in [0.2, 0.25) is 5.02 Å². The van der Waals surface area contributed by atoms with Crippen molar-refractivity contribution in [1.82, 2.24) is 5.32 Å². The van der Waals surface area contributed by atoms with Crippen molar-refractivity contribution in [3.8, 4) is 0 Å². The molecule has 1 atom stereocenters. The van der Waals surface area contributed by atoms with E-state index >= 15 is 0 Å². The highest BCUT2D eigenvalue weighted by Gasteiger charge is 2.22. The monoisotopic (exact) mass is 369 g/mol. The standard InChI is InChI=1S/C20H16ClNO4/c1-12(23)22-17(14-7-3-4-8-16(14)21)11-18(24)15-10-13-6-2-5-9-19(13)26-20(15)25/h2-10,17H,11H2,1H3,(H,22,23). The predicted molar refractivity (Wildman–Crippen MR) is 99.4 cm³/mol. The molecule has 0 aliphatic rings. The summed E-state index contributed by atoms with van der Waals surface area (Å²) in [6.45, 7) is 1.36. The van der Waals surface area contributed by atoms with Crippen LogP contribution in [0.15, 0.2) is 63.8 Å². The highest BCUT2D eigenvalue weighted by Crippen LogP contribution is 2.26. The number of hydrogen-bond acceptors (Lipinski definition) is 4. The second-order valence-corrected chi connectivity index (χ2v) is 6.29. The molecule has 0 aliphatic carbocycles. The molecule has 6 heteroatoms. The lowest BCUT2D eigenvalue weighted by atomic mass is 9.98. The molecule has 132 valence electrons. The number of ketones is 1. The second kappa shape index (κ2) is 7.54. The molecule has 0 fully saturated rings. The minimum Gasteiger partial charge on any atom is -0.422 e. The Morgan fingerprint density at radius 2 is 1.81 bits per heavy atom. The van der Waals surface area contributed by atoms with Crippen LogP contribution in [0.3, 0.4) is 0 Å². The van der Waals surface area contributed by atoms with Crippen molar-refractivity contribution in [3.63, 3.8) is 0 Å². The summed E-state index contributed by atoms with van der Waals surface area (Å²) < 4.78 is 5.22. The summed E-state index contributed by atoms with van der Waals surface area (Å²) in [5.41, 5.74) is 0.280. The van der Waals surface area contributed by atoms with E-state index in [0.29, 0.717) is 21.6 Å². The van der Waals surface area contributed by atoms with Gasteiger partial charge in [-0.05, 0) is 23.8 Å². The van der Waals surface area contributed by atoms with Gasteiger partial charge in [0.15, 0.2) is 5.78 Å². The van der Waals surface area contributed by atoms with Crippen molar-refractivity contribution in [3.05, 3.63) is 81.2 Å². The Morgan fingerprint density at radius 1 is 1.12 bits per heavy atom. The summed E-state index contributed by atoms with van der Waals surface area (Å²) in [4.78, 5) is 36.5. The lowest BCUT2D eigenvalue weighted by Crippen LogP contribution is -2.29. The lowest BCUT2D eigenvalue weighted by Gasteiger charge is -2.18. The van der Waals surface area contributed by atoms with Gasteiger partial charge in [0.05, 0.1) is 6.04 Å². The largest absolute Gasteiger partial charge is 0.422 e. The van der Waals surface area contributed by atoms with Crippen molar-refractivity contribution in [2.24, 2.45) is 0 Å².